The fraction of sp³-hybridized carbons (Fsp3) is 0.857. The van der Waals surface area contributed by atoms with Gasteiger partial charge < -0.3 is 20.7 Å². The first-order chi connectivity index (χ1) is 9.74. The third kappa shape index (κ3) is 7.45. The highest BCUT2D eigenvalue weighted by atomic mass is 16.5. The quantitative estimate of drug-likeness (QED) is 0.595. The van der Waals surface area contributed by atoms with Crippen molar-refractivity contribution in [2.45, 2.75) is 38.5 Å². The fourth-order valence-electron chi connectivity index (χ4n) is 2.15. The molecule has 6 nitrogen and oxygen atoms in total. The summed E-state index contributed by atoms with van der Waals surface area (Å²) in [7, 11) is 0. The lowest BCUT2D eigenvalue weighted by Crippen LogP contribution is -2.42. The minimum absolute atomic E-state index is 0.0347. The maximum Gasteiger partial charge on any atom is 0.224 e. The third-order valence-corrected chi connectivity index (χ3v) is 3.38. The summed E-state index contributed by atoms with van der Waals surface area (Å²) < 4.78 is 5.19. The number of unbranched alkanes of at least 4 members (excludes halogenated alkanes) is 3. The van der Waals surface area contributed by atoms with Crippen LogP contribution >= 0.6 is 0 Å². The monoisotopic (exact) mass is 285 g/mol. The summed E-state index contributed by atoms with van der Waals surface area (Å²) in [5, 5.41) is 2.80. The Hall–Kier alpha value is -1.14. The standard InChI is InChI=1S/C14H27N3O3/c15-7-4-2-1-3-5-13(18)16-8-6-14(19)17-9-11-20-12-10-17/h1-12,15H2,(H,16,18). The van der Waals surface area contributed by atoms with Crippen molar-refractivity contribution in [3.63, 3.8) is 0 Å². The van der Waals surface area contributed by atoms with E-state index in [4.69, 9.17) is 10.5 Å². The highest BCUT2D eigenvalue weighted by molar-refractivity contribution is 5.79. The van der Waals surface area contributed by atoms with E-state index in [-0.39, 0.29) is 11.8 Å². The van der Waals surface area contributed by atoms with E-state index in [2.05, 4.69) is 5.32 Å². The van der Waals surface area contributed by atoms with Crippen molar-refractivity contribution < 1.29 is 14.3 Å². The number of nitrogens with one attached hydrogen (secondary N) is 1. The molecule has 3 N–H and O–H groups in total. The molecule has 1 aliphatic rings. The molecule has 0 unspecified atom stereocenters. The van der Waals surface area contributed by atoms with Gasteiger partial charge in [0.05, 0.1) is 13.2 Å². The van der Waals surface area contributed by atoms with Crippen molar-refractivity contribution in [2.75, 3.05) is 39.4 Å². The highest BCUT2D eigenvalue weighted by Gasteiger charge is 2.16. The molecule has 2 amide bonds. The molecule has 1 saturated heterocycles. The molecule has 0 aromatic rings. The average Bonchev–Trinajstić information content (AvgIpc) is 2.48. The molecule has 0 aromatic heterocycles. The van der Waals surface area contributed by atoms with Crippen LogP contribution < -0.4 is 11.1 Å². The number of carbonyl (C=O) groups is 2. The maximum absolute atomic E-state index is 11.8. The Morgan fingerprint density at radius 3 is 2.45 bits per heavy atom. The molecule has 0 bridgehead atoms. The summed E-state index contributed by atoms with van der Waals surface area (Å²) in [4.78, 5) is 25.2. The van der Waals surface area contributed by atoms with E-state index in [9.17, 15) is 9.59 Å². The van der Waals surface area contributed by atoms with Crippen molar-refractivity contribution in [1.82, 2.24) is 10.2 Å². The number of ether oxygens (including phenoxy) is 1. The van der Waals surface area contributed by atoms with E-state index < -0.39 is 0 Å². The maximum atomic E-state index is 11.8. The minimum atomic E-state index is 0.0347. The molecule has 1 aliphatic heterocycles. The molecular formula is C14H27N3O3. The largest absolute Gasteiger partial charge is 0.378 e. The molecule has 116 valence electrons. The predicted molar refractivity (Wildman–Crippen MR) is 77.2 cm³/mol. The van der Waals surface area contributed by atoms with Crippen LogP contribution in [0.5, 0.6) is 0 Å². The van der Waals surface area contributed by atoms with Crippen LogP contribution in [-0.4, -0.2) is 56.1 Å². The van der Waals surface area contributed by atoms with E-state index in [1.54, 1.807) is 4.90 Å². The topological polar surface area (TPSA) is 84.7 Å². The summed E-state index contributed by atoms with van der Waals surface area (Å²) in [5.74, 6) is 0.129. The molecule has 1 rings (SSSR count). The third-order valence-electron chi connectivity index (χ3n) is 3.38. The molecule has 1 fully saturated rings. The van der Waals surface area contributed by atoms with Crippen molar-refractivity contribution in [2.24, 2.45) is 5.73 Å². The van der Waals surface area contributed by atoms with Gasteiger partial charge in [-0.15, -0.1) is 0 Å². The molecule has 0 radical (unpaired) electrons. The molecule has 0 saturated carbocycles. The number of hydrogen-bond donors (Lipinski definition) is 2. The first-order valence-corrected chi connectivity index (χ1v) is 7.56. The summed E-state index contributed by atoms with van der Waals surface area (Å²) in [6.07, 6.45) is 4.95. The second-order valence-corrected chi connectivity index (χ2v) is 5.05. The van der Waals surface area contributed by atoms with Crippen LogP contribution in [0.2, 0.25) is 0 Å². The van der Waals surface area contributed by atoms with Gasteiger partial charge in [0.2, 0.25) is 11.8 Å². The minimum Gasteiger partial charge on any atom is -0.378 e. The Labute approximate surface area is 121 Å². The van der Waals surface area contributed by atoms with Crippen LogP contribution in [0.15, 0.2) is 0 Å². The Morgan fingerprint density at radius 1 is 1.05 bits per heavy atom. The van der Waals surface area contributed by atoms with Gasteiger partial charge in [0.25, 0.3) is 0 Å². The van der Waals surface area contributed by atoms with Gasteiger partial charge in [0.15, 0.2) is 0 Å². The van der Waals surface area contributed by atoms with E-state index in [0.29, 0.717) is 45.7 Å². The summed E-state index contributed by atoms with van der Waals surface area (Å²) >= 11 is 0. The van der Waals surface area contributed by atoms with E-state index in [0.717, 1.165) is 32.2 Å². The second-order valence-electron chi connectivity index (χ2n) is 5.05. The SMILES string of the molecule is NCCCCCCC(=O)NCCC(=O)N1CCOCC1. The predicted octanol–water partition coefficient (Wildman–Crippen LogP) is 0.261. The lowest BCUT2D eigenvalue weighted by Gasteiger charge is -2.26. The molecular weight excluding hydrogens is 258 g/mol. The Morgan fingerprint density at radius 2 is 1.75 bits per heavy atom. The molecule has 0 aromatic carbocycles. The van der Waals surface area contributed by atoms with Crippen LogP contribution in [0.4, 0.5) is 0 Å². The number of rotatable bonds is 9. The van der Waals surface area contributed by atoms with Gasteiger partial charge in [-0.05, 0) is 19.4 Å². The number of nitrogens with two attached hydrogens (primary N) is 1. The van der Waals surface area contributed by atoms with Crippen molar-refractivity contribution in [1.29, 1.82) is 0 Å². The number of amides is 2. The smallest absolute Gasteiger partial charge is 0.224 e. The number of carbonyl (C=O) groups excluding carboxylic acids is 2. The van der Waals surface area contributed by atoms with Gasteiger partial charge in [-0.3, -0.25) is 9.59 Å². The second kappa shape index (κ2) is 10.6. The van der Waals surface area contributed by atoms with Crippen LogP contribution in [0, 0.1) is 0 Å². The molecule has 6 heteroatoms. The van der Waals surface area contributed by atoms with Crippen LogP contribution in [0.25, 0.3) is 0 Å². The number of morpholine rings is 1. The molecule has 0 atom stereocenters. The molecule has 0 spiro atoms. The zero-order valence-electron chi connectivity index (χ0n) is 12.2. The van der Waals surface area contributed by atoms with Gasteiger partial charge in [-0.25, -0.2) is 0 Å². The number of hydrogen-bond acceptors (Lipinski definition) is 4. The van der Waals surface area contributed by atoms with Crippen molar-refractivity contribution in [3.8, 4) is 0 Å². The van der Waals surface area contributed by atoms with Gasteiger partial charge in [0, 0.05) is 32.5 Å². The fourth-order valence-corrected chi connectivity index (χ4v) is 2.15. The first kappa shape index (κ1) is 16.9. The molecule has 0 aliphatic carbocycles. The van der Waals surface area contributed by atoms with Crippen molar-refractivity contribution >= 4 is 11.8 Å². The first-order valence-electron chi connectivity index (χ1n) is 7.56. The number of nitrogens with zero attached hydrogens (tertiary/aromatic N) is 1. The van der Waals surface area contributed by atoms with Gasteiger partial charge in [-0.1, -0.05) is 12.8 Å². The Balaban J connectivity index is 1.99. The lowest BCUT2D eigenvalue weighted by molar-refractivity contribution is -0.135. The normalized spacial score (nSPS) is 15.2. The van der Waals surface area contributed by atoms with Crippen molar-refractivity contribution in [3.05, 3.63) is 0 Å². The molecule has 1 heterocycles. The van der Waals surface area contributed by atoms with Gasteiger partial charge in [0.1, 0.15) is 0 Å². The zero-order chi connectivity index (χ0) is 14.6. The van der Waals surface area contributed by atoms with Crippen LogP contribution in [-0.2, 0) is 14.3 Å². The van der Waals surface area contributed by atoms with Crippen LogP contribution in [0.1, 0.15) is 38.5 Å². The van der Waals surface area contributed by atoms with E-state index >= 15 is 0 Å². The van der Waals surface area contributed by atoms with Crippen LogP contribution in [0.3, 0.4) is 0 Å². The van der Waals surface area contributed by atoms with E-state index in [1.807, 2.05) is 0 Å². The van der Waals surface area contributed by atoms with E-state index in [1.165, 1.54) is 0 Å². The average molecular weight is 285 g/mol. The zero-order valence-corrected chi connectivity index (χ0v) is 12.2. The highest BCUT2D eigenvalue weighted by Crippen LogP contribution is 2.02. The summed E-state index contributed by atoms with van der Waals surface area (Å²) in [6.45, 7) is 3.69. The molecule has 20 heavy (non-hydrogen) atoms. The summed E-state index contributed by atoms with van der Waals surface area (Å²) in [5.41, 5.74) is 5.40. The lowest BCUT2D eigenvalue weighted by atomic mass is 10.1. The Kier molecular flexibility index (Phi) is 8.98. The van der Waals surface area contributed by atoms with Gasteiger partial charge in [-0.2, -0.15) is 0 Å². The summed E-state index contributed by atoms with van der Waals surface area (Å²) in [6, 6.07) is 0. The van der Waals surface area contributed by atoms with Gasteiger partial charge >= 0.3 is 0 Å². The Bertz CT molecular complexity index is 291.